The number of hydrogen-bond acceptors (Lipinski definition) is 7. The number of ketones is 1. The van der Waals surface area contributed by atoms with Gasteiger partial charge in [-0.2, -0.15) is 4.31 Å². The second-order valence-electron chi connectivity index (χ2n) is 10.3. The SMILES string of the molecule is CC(C)CC(NC(=O)c1ccc(N(C)C)cc1)C(=O)N1CCC2C1C(=O)CN2S(=O)(=O)c1ccc[nH]c1=O. The molecule has 2 aliphatic rings. The maximum atomic E-state index is 13.7. The van der Waals surface area contributed by atoms with Gasteiger partial charge in [-0.05, 0) is 55.2 Å². The molecule has 2 saturated heterocycles. The van der Waals surface area contributed by atoms with Gasteiger partial charge in [0.2, 0.25) is 15.9 Å². The molecule has 11 nitrogen and oxygen atoms in total. The number of nitrogens with one attached hydrogen (secondary N) is 2. The van der Waals surface area contributed by atoms with Crippen molar-refractivity contribution >= 4 is 33.3 Å². The number of H-pyrrole nitrogens is 1. The predicted octanol–water partition coefficient (Wildman–Crippen LogP) is 0.829. The Morgan fingerprint density at radius 1 is 1.13 bits per heavy atom. The van der Waals surface area contributed by atoms with Crippen molar-refractivity contribution in [2.75, 3.05) is 32.1 Å². The van der Waals surface area contributed by atoms with E-state index in [-0.39, 0.29) is 18.9 Å². The molecular formula is C26H33N5O6S. The van der Waals surface area contributed by atoms with E-state index in [1.165, 1.54) is 23.2 Å². The monoisotopic (exact) mass is 543 g/mol. The summed E-state index contributed by atoms with van der Waals surface area (Å²) in [5.41, 5.74) is 0.558. The quantitative estimate of drug-likeness (QED) is 0.503. The summed E-state index contributed by atoms with van der Waals surface area (Å²) in [6.07, 6.45) is 1.93. The van der Waals surface area contributed by atoms with Gasteiger partial charge in [-0.15, -0.1) is 0 Å². The van der Waals surface area contributed by atoms with Gasteiger partial charge in [0.05, 0.1) is 12.6 Å². The fraction of sp³-hybridized carbons (Fsp3) is 0.462. The lowest BCUT2D eigenvalue weighted by molar-refractivity contribution is -0.138. The van der Waals surface area contributed by atoms with Crippen LogP contribution in [0.25, 0.3) is 0 Å². The molecule has 1 aromatic carbocycles. The van der Waals surface area contributed by atoms with E-state index < -0.39 is 62.7 Å². The number of hydrogen-bond donors (Lipinski definition) is 2. The van der Waals surface area contributed by atoms with Crippen LogP contribution < -0.4 is 15.8 Å². The molecule has 2 amide bonds. The second-order valence-corrected chi connectivity index (χ2v) is 12.2. The van der Waals surface area contributed by atoms with E-state index in [0.717, 1.165) is 9.99 Å². The van der Waals surface area contributed by atoms with Crippen LogP contribution in [-0.2, 0) is 19.6 Å². The van der Waals surface area contributed by atoms with E-state index in [2.05, 4.69) is 10.3 Å². The van der Waals surface area contributed by atoms with Gasteiger partial charge in [-0.25, -0.2) is 8.42 Å². The smallest absolute Gasteiger partial charge is 0.268 e. The van der Waals surface area contributed by atoms with Crippen LogP contribution >= 0.6 is 0 Å². The van der Waals surface area contributed by atoms with Gasteiger partial charge >= 0.3 is 0 Å². The highest BCUT2D eigenvalue weighted by Crippen LogP contribution is 2.34. The summed E-state index contributed by atoms with van der Waals surface area (Å²) in [6, 6.07) is 6.96. The minimum Gasteiger partial charge on any atom is -0.378 e. The second kappa shape index (κ2) is 10.7. The standard InChI is InChI=1S/C26H33N5O6S/c1-16(2)14-19(28-24(33)17-7-9-18(10-8-17)29(3)4)26(35)30-13-11-20-23(30)21(32)15-31(20)38(36,37)22-6-5-12-27-25(22)34/h5-10,12,16,19-20,23H,11,13-15H2,1-4H3,(H,27,34)(H,28,33). The number of nitrogens with zero attached hydrogens (tertiary/aromatic N) is 3. The van der Waals surface area contributed by atoms with Crippen molar-refractivity contribution in [3.63, 3.8) is 0 Å². The van der Waals surface area contributed by atoms with E-state index in [1.54, 1.807) is 12.1 Å². The minimum atomic E-state index is -4.25. The normalized spacial score (nSPS) is 20.4. The molecule has 1 aromatic heterocycles. The van der Waals surface area contributed by atoms with Gasteiger partial charge in [-0.3, -0.25) is 19.2 Å². The largest absolute Gasteiger partial charge is 0.378 e. The van der Waals surface area contributed by atoms with Crippen LogP contribution in [0, 0.1) is 5.92 Å². The number of aromatic amines is 1. The lowest BCUT2D eigenvalue weighted by Crippen LogP contribution is -2.53. The Bertz CT molecular complexity index is 1390. The molecule has 4 rings (SSSR count). The van der Waals surface area contributed by atoms with Crippen LogP contribution in [0.2, 0.25) is 0 Å². The van der Waals surface area contributed by atoms with Gasteiger partial charge in [0.25, 0.3) is 11.5 Å². The number of carbonyl (C=O) groups is 3. The highest BCUT2D eigenvalue weighted by Gasteiger charge is 2.54. The number of sulfonamides is 1. The Kier molecular flexibility index (Phi) is 7.75. The maximum Gasteiger partial charge on any atom is 0.268 e. The summed E-state index contributed by atoms with van der Waals surface area (Å²) in [4.78, 5) is 57.1. The lowest BCUT2D eigenvalue weighted by Gasteiger charge is -2.29. The number of rotatable bonds is 8. The molecule has 12 heteroatoms. The topological polar surface area (TPSA) is 140 Å². The van der Waals surface area contributed by atoms with Gasteiger partial charge in [-0.1, -0.05) is 13.8 Å². The summed E-state index contributed by atoms with van der Waals surface area (Å²) in [5.74, 6) is -1.17. The number of anilines is 1. The van der Waals surface area contributed by atoms with Gasteiger partial charge in [0.1, 0.15) is 17.0 Å². The molecule has 0 aliphatic carbocycles. The summed E-state index contributed by atoms with van der Waals surface area (Å²) < 4.78 is 27.5. The number of aromatic nitrogens is 1. The number of benzene rings is 1. The number of amides is 2. The molecule has 0 bridgehead atoms. The zero-order valence-corrected chi connectivity index (χ0v) is 22.7. The number of carbonyl (C=O) groups excluding carboxylic acids is 3. The third-order valence-electron chi connectivity index (χ3n) is 6.99. The fourth-order valence-corrected chi connectivity index (χ4v) is 6.79. The van der Waals surface area contributed by atoms with Crippen LogP contribution in [0.4, 0.5) is 5.69 Å². The molecule has 0 radical (unpaired) electrons. The number of pyridine rings is 1. The Labute approximate surface area is 221 Å². The van der Waals surface area contributed by atoms with Crippen molar-refractivity contribution in [2.45, 2.75) is 49.7 Å². The van der Waals surface area contributed by atoms with E-state index in [1.807, 2.05) is 45.0 Å². The molecule has 2 fully saturated rings. The van der Waals surface area contributed by atoms with Crippen LogP contribution in [0.5, 0.6) is 0 Å². The molecule has 2 N–H and O–H groups in total. The van der Waals surface area contributed by atoms with Crippen molar-refractivity contribution in [2.24, 2.45) is 5.92 Å². The number of fused-ring (bicyclic) bond motifs is 1. The van der Waals surface area contributed by atoms with E-state index >= 15 is 0 Å². The van der Waals surface area contributed by atoms with Crippen LogP contribution in [0.15, 0.2) is 52.3 Å². The van der Waals surface area contributed by atoms with Gasteiger partial charge < -0.3 is 20.1 Å². The summed E-state index contributed by atoms with van der Waals surface area (Å²) >= 11 is 0. The van der Waals surface area contributed by atoms with Crippen LogP contribution in [0.1, 0.15) is 37.0 Å². The lowest BCUT2D eigenvalue weighted by atomic mass is 10.0. The molecule has 2 aromatic rings. The van der Waals surface area contributed by atoms with Crippen molar-refractivity contribution in [1.29, 1.82) is 0 Å². The Balaban J connectivity index is 1.55. The number of Topliss-reactive ketones (excluding diaryl/α,β-unsaturated/α-hetero) is 1. The molecule has 204 valence electrons. The highest BCUT2D eigenvalue weighted by atomic mass is 32.2. The van der Waals surface area contributed by atoms with Crippen molar-refractivity contribution in [3.05, 3.63) is 58.5 Å². The van der Waals surface area contributed by atoms with Crippen molar-refractivity contribution < 1.29 is 22.8 Å². The van der Waals surface area contributed by atoms with E-state index in [9.17, 15) is 27.6 Å². The Hall–Kier alpha value is -3.51. The predicted molar refractivity (Wildman–Crippen MR) is 141 cm³/mol. The van der Waals surface area contributed by atoms with Crippen molar-refractivity contribution in [1.82, 2.24) is 19.5 Å². The molecule has 0 spiro atoms. The molecule has 38 heavy (non-hydrogen) atoms. The molecule has 3 unspecified atom stereocenters. The van der Waals surface area contributed by atoms with Crippen molar-refractivity contribution in [3.8, 4) is 0 Å². The van der Waals surface area contributed by atoms with Crippen LogP contribution in [0.3, 0.4) is 0 Å². The average Bonchev–Trinajstić information content (AvgIpc) is 3.44. The first-order valence-corrected chi connectivity index (χ1v) is 14.0. The molecule has 0 saturated carbocycles. The molecular weight excluding hydrogens is 510 g/mol. The first kappa shape index (κ1) is 27.5. The van der Waals surface area contributed by atoms with Crippen LogP contribution in [-0.4, -0.2) is 85.5 Å². The highest BCUT2D eigenvalue weighted by molar-refractivity contribution is 7.89. The first-order valence-electron chi connectivity index (χ1n) is 12.5. The Morgan fingerprint density at radius 3 is 2.42 bits per heavy atom. The first-order chi connectivity index (χ1) is 17.9. The molecule has 2 aliphatic heterocycles. The number of likely N-dealkylation sites (tertiary alicyclic amines) is 1. The zero-order chi connectivity index (χ0) is 27.8. The third kappa shape index (κ3) is 5.23. The van der Waals surface area contributed by atoms with Gasteiger partial charge in [0, 0.05) is 38.1 Å². The molecule has 3 heterocycles. The summed E-state index contributed by atoms with van der Waals surface area (Å²) in [6.45, 7) is 3.60. The zero-order valence-electron chi connectivity index (χ0n) is 21.9. The Morgan fingerprint density at radius 2 is 1.82 bits per heavy atom. The van der Waals surface area contributed by atoms with E-state index in [4.69, 9.17) is 0 Å². The summed E-state index contributed by atoms with van der Waals surface area (Å²) in [7, 11) is -0.466. The fourth-order valence-electron chi connectivity index (χ4n) is 5.12. The van der Waals surface area contributed by atoms with E-state index in [0.29, 0.717) is 12.0 Å². The minimum absolute atomic E-state index is 0.0692. The summed E-state index contributed by atoms with van der Waals surface area (Å²) in [5, 5.41) is 2.83. The third-order valence-corrected chi connectivity index (χ3v) is 8.88. The maximum absolute atomic E-state index is 13.7. The average molecular weight is 544 g/mol. The molecule has 3 atom stereocenters. The van der Waals surface area contributed by atoms with Gasteiger partial charge in [0.15, 0.2) is 5.78 Å².